The molecule has 6 heterocycles. The summed E-state index contributed by atoms with van der Waals surface area (Å²) < 4.78 is 55.7. The van der Waals surface area contributed by atoms with Crippen LogP contribution in [-0.4, -0.2) is 132 Å². The molecule has 0 unspecified atom stereocenters. The van der Waals surface area contributed by atoms with Gasteiger partial charge in [-0.3, -0.25) is 48.6 Å². The van der Waals surface area contributed by atoms with E-state index in [1.165, 1.54) is 51.4 Å². The fourth-order valence-corrected chi connectivity index (χ4v) is 26.6. The molecule has 0 amide bonds. The van der Waals surface area contributed by atoms with Gasteiger partial charge in [-0.25, -0.2) is 13.2 Å². The number of aromatic nitrogens is 9. The summed E-state index contributed by atoms with van der Waals surface area (Å²) in [6.45, 7) is 5.88. The smallest absolute Gasteiger partial charge is 1.00 e. The molecule has 18 rings (SSSR count). The van der Waals surface area contributed by atoms with Crippen LogP contribution in [0.5, 0.6) is 0 Å². The normalized spacial score (nSPS) is 39.4. The number of alkyl halides is 4. The number of halogens is 4. The molecule has 18 nitrogen and oxygen atoms in total. The number of pyridine rings is 3. The van der Waals surface area contributed by atoms with Gasteiger partial charge in [0, 0.05) is 36.3 Å². The molecule has 12 aliphatic carbocycles. The molecule has 6 aromatic rings. The first-order chi connectivity index (χ1) is 51.8. The van der Waals surface area contributed by atoms with E-state index < -0.39 is 42.6 Å². The molecule has 6 aromatic heterocycles. The summed E-state index contributed by atoms with van der Waals surface area (Å²) in [5.74, 6) is 10.7. The number of fused-ring (bicyclic) bond motifs is 18. The molecule has 0 aliphatic heterocycles. The zero-order valence-electron chi connectivity index (χ0n) is 67.0. The molecular weight excluding hydrogens is 1510 g/mol. The molecule has 0 radical (unpaired) electrons. The van der Waals surface area contributed by atoms with E-state index in [0.29, 0.717) is 151 Å². The Hall–Kier alpha value is -2.19. The van der Waals surface area contributed by atoms with Crippen LogP contribution in [0.2, 0.25) is 0 Å². The van der Waals surface area contributed by atoms with E-state index in [-0.39, 0.29) is 145 Å². The quantitative estimate of drug-likeness (QED) is 0.0222. The summed E-state index contributed by atoms with van der Waals surface area (Å²) in [4.78, 5) is 63.5. The number of rotatable bonds is 12. The number of thiocarbonyl (C=S) groups is 1. The second kappa shape index (κ2) is 37.0. The molecule has 108 heavy (non-hydrogen) atoms. The Kier molecular flexibility index (Phi) is 28.7. The van der Waals surface area contributed by atoms with Crippen LogP contribution in [-0.2, 0) is 37.2 Å². The van der Waals surface area contributed by atoms with Crippen LogP contribution < -0.4 is 108 Å². The Morgan fingerprint density at radius 2 is 0.991 bits per heavy atom. The molecular formula is C83H113BrF3K2N9O9S. The summed E-state index contributed by atoms with van der Waals surface area (Å²) in [6.07, 6.45) is 38.0. The SMILES string of the molecule is C[C@]12CC[C@H]3[C@@H](CC[C@@H]4C[C@@](O)(CF)CC[C@@H]43)[C@@H]1CC[C@@H]2C(=O)CBr.C[C@]12CC[C@H]3[C@@H](CC[C@@H]4C[C@@](O)(CF)CC[C@@H]43)[C@@H]1CC[C@@H]2C(=O)Cn1cc2ncccc2n1.C[C@]12CC[C@H]3[C@@H](CC[C@@H]4C[C@@](O)(CF)CC[C@@H]43)[C@@H]1CC[C@@H]2C(=O)Cn1ncc2ncccc21.O=CO[O-].[2H]C([2H])=S.[H-].[K+].[K+].c1cnc2cn[nH]c2c1. The molecule has 0 bridgehead atoms. The van der Waals surface area contributed by atoms with Crippen LogP contribution in [0.4, 0.5) is 13.2 Å². The Labute approximate surface area is 737 Å². The summed E-state index contributed by atoms with van der Waals surface area (Å²) in [5.41, 5.74) is 2.52. The minimum atomic E-state index is -1.08. The van der Waals surface area contributed by atoms with Crippen molar-refractivity contribution in [3.05, 3.63) is 73.6 Å². The van der Waals surface area contributed by atoms with Gasteiger partial charge in [0.2, 0.25) is 0 Å². The monoisotopic (exact) mass is 1630 g/mol. The van der Waals surface area contributed by atoms with Gasteiger partial charge in [0.15, 0.2) is 11.6 Å². The van der Waals surface area contributed by atoms with Crippen LogP contribution in [0.3, 0.4) is 0 Å². The first kappa shape index (κ1) is 83.7. The summed E-state index contributed by atoms with van der Waals surface area (Å²) >= 11 is 7.26. The van der Waals surface area contributed by atoms with Gasteiger partial charge in [-0.2, -0.15) is 15.3 Å². The fraction of sp³-hybridized carbons (Fsp3) is 0.723. The van der Waals surface area contributed by atoms with Crippen LogP contribution in [0.25, 0.3) is 33.1 Å². The van der Waals surface area contributed by atoms with Gasteiger partial charge in [-0.05, 0) is 321 Å². The van der Waals surface area contributed by atoms with Crippen molar-refractivity contribution in [3.63, 3.8) is 0 Å². The van der Waals surface area contributed by atoms with Crippen molar-refractivity contribution in [2.45, 2.75) is 224 Å². The number of ketones is 3. The molecule has 0 saturated heterocycles. The number of carbonyl (C=O) groups is 4. The van der Waals surface area contributed by atoms with E-state index in [4.69, 9.17) is 12.8 Å². The molecule has 12 saturated carbocycles. The maximum atomic E-state index is 13.6. The predicted molar refractivity (Wildman–Crippen MR) is 405 cm³/mol. The van der Waals surface area contributed by atoms with E-state index in [0.717, 1.165) is 128 Å². The zero-order chi connectivity index (χ0) is 76.5. The van der Waals surface area contributed by atoms with Gasteiger partial charge >= 0.3 is 103 Å². The van der Waals surface area contributed by atoms with E-state index in [1.807, 2.05) is 47.3 Å². The van der Waals surface area contributed by atoms with Crippen molar-refractivity contribution in [1.29, 1.82) is 0 Å². The van der Waals surface area contributed by atoms with Gasteiger partial charge in [-0.1, -0.05) is 48.9 Å². The number of nitrogens with one attached hydrogen (secondary N) is 1. The molecule has 0 aromatic carbocycles. The van der Waals surface area contributed by atoms with Gasteiger partial charge in [-0.15, -0.1) is 0 Å². The summed E-state index contributed by atoms with van der Waals surface area (Å²) in [5, 5.41) is 56.1. The largest absolute Gasteiger partial charge is 1.00 e. The number of aliphatic hydroxyl groups is 3. The third-order valence-electron chi connectivity index (χ3n) is 31.0. The van der Waals surface area contributed by atoms with Crippen molar-refractivity contribution in [3.8, 4) is 0 Å². The number of aromatic amines is 1. The van der Waals surface area contributed by atoms with Crippen LogP contribution in [0.15, 0.2) is 73.6 Å². The Bertz CT molecular complexity index is 4070. The third-order valence-corrected chi connectivity index (χ3v) is 31.5. The fourth-order valence-electron chi connectivity index (χ4n) is 26.3. The average Bonchev–Trinajstić information content (AvgIpc) is 1.66. The maximum Gasteiger partial charge on any atom is 1.00 e. The van der Waals surface area contributed by atoms with Crippen molar-refractivity contribution in [1.82, 2.24) is 44.7 Å². The molecule has 12 aliphatic rings. The standard InChI is InChI=1S/2C27H36FN3O2.C21H32BrFO2.C6H5N3.CH2O3.CH2S.2K.H/c1-26-10-8-19-18-9-11-27(33,16-28)13-17(18)4-5-20(19)21(26)6-7-22(26)25(32)15-31-24-3-2-12-29-23(24)14-30-31;1-26-10-8-19-18-9-11-27(33,16-28)13-17(18)4-5-20(19)21(26)6-7-22(26)25(32)15-31-14-24-23(30-31)3-2-12-29-24;1-20-8-6-15-14-7-9-21(25,12-23)10-13(14)2-3-16(15)17(20)4-5-18(20)19(24)11-22;1-2-5-6(7-3-1)4-8-9-5;2-1-4-3;1-2;;;/h2*2-3,12,14,17-22,33H,4-11,13,15-16H2,1H3;13-18,25H,2-12H2,1H3;1-4H,(H,8,9);1,3H;1H2;;;/q;;;;;;2*+1;-1/p-1/t2*17-,18+,19-,20-,21+,22-,26+,27-;13-,14+,15-,16-,17+,18-,20+,21-;;;;;;/m111....../s1/i;;;;;1D2;;;. The Balaban J connectivity index is 0.000000159. The van der Waals surface area contributed by atoms with Gasteiger partial charge in [0.25, 0.3) is 6.47 Å². The predicted octanol–water partition coefficient (Wildman–Crippen LogP) is 8.99. The Morgan fingerprint density at radius 3 is 1.42 bits per heavy atom. The molecule has 580 valence electrons. The van der Waals surface area contributed by atoms with Crippen molar-refractivity contribution in [2.75, 3.05) is 25.4 Å². The minimum Gasteiger partial charge on any atom is -1.00 e. The number of hydrogen-bond donors (Lipinski definition) is 4. The van der Waals surface area contributed by atoms with Gasteiger partial charge in [0.1, 0.15) is 54.4 Å². The first-order valence-electron chi connectivity index (χ1n) is 40.8. The van der Waals surface area contributed by atoms with Crippen molar-refractivity contribution < 1.29 is 165 Å². The molecule has 25 heteroatoms. The van der Waals surface area contributed by atoms with E-state index in [1.54, 1.807) is 35.7 Å². The third kappa shape index (κ3) is 17.4. The second-order valence-electron chi connectivity index (χ2n) is 35.6. The number of hydrogen-bond acceptors (Lipinski definition) is 16. The van der Waals surface area contributed by atoms with Crippen molar-refractivity contribution in [2.24, 2.45) is 123 Å². The molecule has 4 N–H and O–H groups in total. The van der Waals surface area contributed by atoms with E-state index in [9.17, 15) is 42.9 Å². The van der Waals surface area contributed by atoms with Crippen LogP contribution >= 0.6 is 28.1 Å². The number of H-pyrrole nitrogens is 1. The Morgan fingerprint density at radius 1 is 0.583 bits per heavy atom. The van der Waals surface area contributed by atoms with Gasteiger partial charge in [0.05, 0.1) is 61.0 Å². The molecule has 12 fully saturated rings. The summed E-state index contributed by atoms with van der Waals surface area (Å²) in [7, 11) is 0. The van der Waals surface area contributed by atoms with E-state index in [2.05, 4.69) is 89.2 Å². The minimum absolute atomic E-state index is 0. The number of Topliss-reactive ketones (excluding diaryl/α,β-unsaturated/α-hetero) is 3. The van der Waals surface area contributed by atoms with Crippen LogP contribution in [0, 0.1) is 123 Å². The van der Waals surface area contributed by atoms with Gasteiger partial charge < -0.3 is 26.9 Å². The topological polar surface area (TPSA) is 264 Å². The molecule has 24 atom stereocenters. The zero-order valence-corrected chi connectivity index (χ0v) is 72.7. The van der Waals surface area contributed by atoms with E-state index >= 15 is 0 Å². The maximum absolute atomic E-state index is 13.6. The first-order valence-corrected chi connectivity index (χ1v) is 41.4. The van der Waals surface area contributed by atoms with Crippen LogP contribution in [0.1, 0.15) is 198 Å². The average molecular weight is 1630 g/mol. The molecule has 0 spiro atoms. The summed E-state index contributed by atoms with van der Waals surface area (Å²) in [6, 6.07) is 11.5. The second-order valence-corrected chi connectivity index (χ2v) is 36.2. The number of carbonyl (C=O) groups excluding carboxylic acids is 4. The number of nitrogens with zero attached hydrogens (tertiary/aromatic N) is 8. The van der Waals surface area contributed by atoms with Crippen molar-refractivity contribution >= 4 is 90.9 Å².